The molecule has 1 atom stereocenters. The van der Waals surface area contributed by atoms with Gasteiger partial charge in [-0.1, -0.05) is 22.0 Å². The van der Waals surface area contributed by atoms with Gasteiger partial charge in [0.05, 0.1) is 11.8 Å². The Labute approximate surface area is 161 Å². The highest BCUT2D eigenvalue weighted by atomic mass is 79.9. The molecule has 0 saturated heterocycles. The Balaban J connectivity index is 1.88. The highest BCUT2D eigenvalue weighted by molar-refractivity contribution is 9.10. The van der Waals surface area contributed by atoms with Gasteiger partial charge in [-0.15, -0.1) is 23.1 Å². The van der Waals surface area contributed by atoms with Crippen molar-refractivity contribution in [2.24, 2.45) is 0 Å². The smallest absolute Gasteiger partial charge is 0.230 e. The van der Waals surface area contributed by atoms with Gasteiger partial charge in [-0.3, -0.25) is 4.79 Å². The summed E-state index contributed by atoms with van der Waals surface area (Å²) in [5.74, 6) is 0.510. The zero-order chi connectivity index (χ0) is 17.7. The van der Waals surface area contributed by atoms with Gasteiger partial charge in [0, 0.05) is 20.8 Å². The van der Waals surface area contributed by atoms with Crippen molar-refractivity contribution in [2.45, 2.75) is 24.8 Å². The van der Waals surface area contributed by atoms with E-state index in [4.69, 9.17) is 0 Å². The normalized spacial score (nSPS) is 12.4. The van der Waals surface area contributed by atoms with Gasteiger partial charge in [-0.2, -0.15) is 0 Å². The molecule has 2 rings (SSSR count). The van der Waals surface area contributed by atoms with Crippen LogP contribution in [0.2, 0.25) is 0 Å². The SMILES string of the molecule is Cc1cc(SCC(=O)NCC(c2cccs2)N(C)C)c(C)cc1Br. The number of nitrogens with one attached hydrogen (secondary N) is 1. The molecule has 1 unspecified atom stereocenters. The van der Waals surface area contributed by atoms with Crippen molar-refractivity contribution in [2.75, 3.05) is 26.4 Å². The number of amides is 1. The molecular weight excluding hydrogens is 404 g/mol. The first-order valence-corrected chi connectivity index (χ1v) is 10.4. The number of nitrogens with zero attached hydrogens (tertiary/aromatic N) is 1. The van der Waals surface area contributed by atoms with Crippen LogP contribution in [0.4, 0.5) is 0 Å². The van der Waals surface area contributed by atoms with Gasteiger partial charge in [-0.25, -0.2) is 0 Å². The van der Waals surface area contributed by atoms with Crippen LogP contribution in [0, 0.1) is 13.8 Å². The summed E-state index contributed by atoms with van der Waals surface area (Å²) in [6.07, 6.45) is 0. The van der Waals surface area contributed by atoms with Crippen LogP contribution >= 0.6 is 39.0 Å². The third-order valence-corrected chi connectivity index (χ3v) is 6.79. The predicted octanol–water partition coefficient (Wildman–Crippen LogP) is 4.64. The third kappa shape index (κ3) is 5.34. The summed E-state index contributed by atoms with van der Waals surface area (Å²) in [6.45, 7) is 4.77. The van der Waals surface area contributed by atoms with E-state index in [1.165, 1.54) is 16.0 Å². The summed E-state index contributed by atoms with van der Waals surface area (Å²) in [7, 11) is 4.08. The molecule has 0 aliphatic heterocycles. The molecule has 3 nitrogen and oxygen atoms in total. The van der Waals surface area contributed by atoms with Crippen LogP contribution in [0.3, 0.4) is 0 Å². The van der Waals surface area contributed by atoms with Crippen molar-refractivity contribution in [1.29, 1.82) is 0 Å². The highest BCUT2D eigenvalue weighted by Crippen LogP contribution is 2.28. The van der Waals surface area contributed by atoms with Crippen molar-refractivity contribution < 1.29 is 4.79 Å². The highest BCUT2D eigenvalue weighted by Gasteiger charge is 2.16. The maximum absolute atomic E-state index is 12.2. The van der Waals surface area contributed by atoms with Crippen LogP contribution in [0.1, 0.15) is 22.0 Å². The van der Waals surface area contributed by atoms with Crippen LogP contribution in [0.5, 0.6) is 0 Å². The number of halogens is 1. The quantitative estimate of drug-likeness (QED) is 0.654. The second kappa shape index (κ2) is 9.04. The fraction of sp³-hybridized carbons (Fsp3) is 0.389. The number of thioether (sulfide) groups is 1. The first kappa shape index (κ1) is 19.5. The lowest BCUT2D eigenvalue weighted by Gasteiger charge is -2.23. The molecule has 2 aromatic rings. The number of thiophene rings is 1. The molecule has 1 heterocycles. The Morgan fingerprint density at radius 1 is 1.33 bits per heavy atom. The maximum Gasteiger partial charge on any atom is 0.230 e. The molecular formula is C18H23BrN2OS2. The van der Waals surface area contributed by atoms with Crippen LogP contribution in [-0.4, -0.2) is 37.2 Å². The number of rotatable bonds is 7. The number of hydrogen-bond donors (Lipinski definition) is 1. The van der Waals surface area contributed by atoms with Gasteiger partial charge in [0.1, 0.15) is 0 Å². The molecule has 1 N–H and O–H groups in total. The Bertz CT molecular complexity index is 687. The number of benzene rings is 1. The summed E-state index contributed by atoms with van der Waals surface area (Å²) < 4.78 is 1.11. The standard InChI is InChI=1S/C18H23BrN2OS2/c1-12-9-17(13(2)8-14(12)19)24-11-18(22)20-10-15(21(3)4)16-6-5-7-23-16/h5-9,15H,10-11H2,1-4H3,(H,20,22). The van der Waals surface area contributed by atoms with Crippen molar-refractivity contribution in [1.82, 2.24) is 10.2 Å². The van der Waals surface area contributed by atoms with Crippen LogP contribution in [0.25, 0.3) is 0 Å². The lowest BCUT2D eigenvalue weighted by atomic mass is 10.2. The van der Waals surface area contributed by atoms with E-state index in [0.717, 1.165) is 9.37 Å². The minimum Gasteiger partial charge on any atom is -0.353 e. The van der Waals surface area contributed by atoms with Gasteiger partial charge in [0.15, 0.2) is 0 Å². The largest absolute Gasteiger partial charge is 0.353 e. The third-order valence-electron chi connectivity index (χ3n) is 3.80. The number of carbonyl (C=O) groups excluding carboxylic acids is 1. The summed E-state index contributed by atoms with van der Waals surface area (Å²) in [4.78, 5) is 16.8. The fourth-order valence-corrected chi connectivity index (χ4v) is 4.65. The number of carbonyl (C=O) groups is 1. The van der Waals surface area contributed by atoms with Crippen molar-refractivity contribution in [3.05, 3.63) is 50.1 Å². The molecule has 0 aliphatic rings. The molecule has 0 radical (unpaired) electrons. The van der Waals surface area contributed by atoms with Gasteiger partial charge < -0.3 is 10.2 Å². The minimum absolute atomic E-state index is 0.0726. The van der Waals surface area contributed by atoms with Gasteiger partial charge in [0.2, 0.25) is 5.91 Å². The molecule has 0 fully saturated rings. The minimum atomic E-state index is 0.0726. The molecule has 1 aromatic heterocycles. The van der Waals surface area contributed by atoms with Crippen molar-refractivity contribution in [3.8, 4) is 0 Å². The maximum atomic E-state index is 12.2. The summed E-state index contributed by atoms with van der Waals surface area (Å²) in [5.41, 5.74) is 2.38. The second-order valence-electron chi connectivity index (χ2n) is 5.95. The van der Waals surface area contributed by atoms with Crippen molar-refractivity contribution >= 4 is 44.9 Å². The summed E-state index contributed by atoms with van der Waals surface area (Å²) >= 11 is 6.86. The van der Waals surface area contributed by atoms with Gasteiger partial charge in [-0.05, 0) is 62.6 Å². The Morgan fingerprint density at radius 3 is 2.71 bits per heavy atom. The number of likely N-dealkylation sites (N-methyl/N-ethyl adjacent to an activating group) is 1. The molecule has 1 amide bonds. The molecule has 0 aliphatic carbocycles. The molecule has 0 bridgehead atoms. The van der Waals surface area contributed by atoms with Crippen LogP contribution in [-0.2, 0) is 4.79 Å². The van der Waals surface area contributed by atoms with E-state index in [1.807, 2.05) is 20.2 Å². The van der Waals surface area contributed by atoms with Crippen molar-refractivity contribution in [3.63, 3.8) is 0 Å². The summed E-state index contributed by atoms with van der Waals surface area (Å²) in [6, 6.07) is 8.62. The first-order chi connectivity index (χ1) is 11.4. The molecule has 130 valence electrons. The van der Waals surface area contributed by atoms with Gasteiger partial charge >= 0.3 is 0 Å². The predicted molar refractivity (Wildman–Crippen MR) is 108 cm³/mol. The Morgan fingerprint density at radius 2 is 2.08 bits per heavy atom. The topological polar surface area (TPSA) is 32.3 Å². The zero-order valence-corrected chi connectivity index (χ0v) is 17.6. The van der Waals surface area contributed by atoms with Crippen LogP contribution in [0.15, 0.2) is 39.0 Å². The average Bonchev–Trinajstić information content (AvgIpc) is 3.03. The molecule has 1 aromatic carbocycles. The average molecular weight is 427 g/mol. The first-order valence-electron chi connectivity index (χ1n) is 7.74. The molecule has 24 heavy (non-hydrogen) atoms. The second-order valence-corrected chi connectivity index (χ2v) is 8.81. The van der Waals surface area contributed by atoms with E-state index in [-0.39, 0.29) is 11.9 Å². The Hall–Kier alpha value is -0.820. The van der Waals surface area contributed by atoms with E-state index >= 15 is 0 Å². The van der Waals surface area contributed by atoms with Gasteiger partial charge in [0.25, 0.3) is 0 Å². The molecule has 6 heteroatoms. The molecule has 0 spiro atoms. The summed E-state index contributed by atoms with van der Waals surface area (Å²) in [5, 5.41) is 5.14. The van der Waals surface area contributed by atoms with E-state index in [0.29, 0.717) is 12.3 Å². The van der Waals surface area contributed by atoms with E-state index < -0.39 is 0 Å². The Kier molecular flexibility index (Phi) is 7.34. The van der Waals surface area contributed by atoms with E-state index in [9.17, 15) is 4.79 Å². The molecule has 0 saturated carbocycles. The fourth-order valence-electron chi connectivity index (χ4n) is 2.33. The lowest BCUT2D eigenvalue weighted by Crippen LogP contribution is -2.35. The van der Waals surface area contributed by atoms with E-state index in [1.54, 1.807) is 23.1 Å². The van der Waals surface area contributed by atoms with Crippen LogP contribution < -0.4 is 5.32 Å². The monoisotopic (exact) mass is 426 g/mol. The number of hydrogen-bond acceptors (Lipinski definition) is 4. The lowest BCUT2D eigenvalue weighted by molar-refractivity contribution is -0.118. The van der Waals surface area contributed by atoms with E-state index in [2.05, 4.69) is 63.6 Å². The number of aryl methyl sites for hydroxylation is 2. The zero-order valence-electron chi connectivity index (χ0n) is 14.4.